The number of nitrogens with zero attached hydrogens (tertiary/aromatic N) is 1. The highest BCUT2D eigenvalue weighted by Gasteiger charge is 2.08. The molecule has 0 aliphatic rings. The van der Waals surface area contributed by atoms with Crippen LogP contribution in [0.5, 0.6) is 0 Å². The van der Waals surface area contributed by atoms with Crippen molar-refractivity contribution in [3.63, 3.8) is 0 Å². The van der Waals surface area contributed by atoms with E-state index in [1.165, 1.54) is 5.56 Å². The topological polar surface area (TPSA) is 29.5 Å². The summed E-state index contributed by atoms with van der Waals surface area (Å²) in [6.07, 6.45) is 0. The van der Waals surface area contributed by atoms with Gasteiger partial charge in [0.1, 0.15) is 6.61 Å². The van der Waals surface area contributed by atoms with Crippen LogP contribution in [0, 0.1) is 5.92 Å². The molecule has 0 aliphatic heterocycles. The molecule has 0 unspecified atom stereocenters. The predicted octanol–water partition coefficient (Wildman–Crippen LogP) is 3.23. The van der Waals surface area contributed by atoms with E-state index in [1.807, 2.05) is 26.0 Å². The number of hydrogen-bond acceptors (Lipinski definition) is 3. The van der Waals surface area contributed by atoms with Crippen LogP contribution in [0.15, 0.2) is 24.3 Å². The Kier molecular flexibility index (Phi) is 6.57. The third-order valence-electron chi connectivity index (χ3n) is 3.18. The summed E-state index contributed by atoms with van der Waals surface area (Å²) in [5.41, 5.74) is 2.33. The summed E-state index contributed by atoms with van der Waals surface area (Å²) in [5, 5.41) is 0. The van der Waals surface area contributed by atoms with E-state index in [4.69, 9.17) is 4.74 Å². The van der Waals surface area contributed by atoms with Crippen LogP contribution < -0.4 is 0 Å². The summed E-state index contributed by atoms with van der Waals surface area (Å²) in [7, 11) is 0. The van der Waals surface area contributed by atoms with Gasteiger partial charge in [0.15, 0.2) is 0 Å². The van der Waals surface area contributed by atoms with Crippen LogP contribution in [0.1, 0.15) is 38.8 Å². The maximum absolute atomic E-state index is 11.4. The Morgan fingerprint density at radius 2 is 1.63 bits per heavy atom. The van der Waals surface area contributed by atoms with Crippen LogP contribution in [0.3, 0.4) is 0 Å². The van der Waals surface area contributed by atoms with Gasteiger partial charge in [0, 0.05) is 6.54 Å². The van der Waals surface area contributed by atoms with E-state index in [-0.39, 0.29) is 11.9 Å². The number of benzene rings is 1. The van der Waals surface area contributed by atoms with Gasteiger partial charge in [-0.25, -0.2) is 0 Å². The van der Waals surface area contributed by atoms with E-state index in [0.29, 0.717) is 6.61 Å². The quantitative estimate of drug-likeness (QED) is 0.707. The second kappa shape index (κ2) is 7.95. The predicted molar refractivity (Wildman–Crippen MR) is 77.7 cm³/mol. The summed E-state index contributed by atoms with van der Waals surface area (Å²) in [6.45, 7) is 11.5. The molecule has 0 amide bonds. The lowest BCUT2D eigenvalue weighted by Crippen LogP contribution is -2.22. The maximum Gasteiger partial charge on any atom is 0.308 e. The minimum atomic E-state index is -0.146. The van der Waals surface area contributed by atoms with Crippen molar-refractivity contribution in [2.24, 2.45) is 5.92 Å². The van der Waals surface area contributed by atoms with Crippen molar-refractivity contribution in [2.75, 3.05) is 13.1 Å². The summed E-state index contributed by atoms with van der Waals surface area (Å²) < 4.78 is 5.20. The highest BCUT2D eigenvalue weighted by Crippen LogP contribution is 2.09. The molecule has 0 saturated carbocycles. The van der Waals surface area contributed by atoms with Crippen LogP contribution in [0.4, 0.5) is 0 Å². The Morgan fingerprint density at radius 1 is 1.11 bits per heavy atom. The van der Waals surface area contributed by atoms with Gasteiger partial charge in [-0.15, -0.1) is 0 Å². The lowest BCUT2D eigenvalue weighted by atomic mass is 10.1. The second-order valence-electron chi connectivity index (χ2n) is 5.04. The number of ether oxygens (including phenoxy) is 1. The van der Waals surface area contributed by atoms with E-state index in [0.717, 1.165) is 25.2 Å². The second-order valence-corrected chi connectivity index (χ2v) is 5.04. The summed E-state index contributed by atoms with van der Waals surface area (Å²) >= 11 is 0. The fraction of sp³-hybridized carbons (Fsp3) is 0.562. The highest BCUT2D eigenvalue weighted by molar-refractivity contribution is 5.71. The fourth-order valence-electron chi connectivity index (χ4n) is 1.77. The van der Waals surface area contributed by atoms with Gasteiger partial charge < -0.3 is 4.74 Å². The molecule has 0 saturated heterocycles. The zero-order valence-electron chi connectivity index (χ0n) is 12.5. The summed E-state index contributed by atoms with van der Waals surface area (Å²) in [5.74, 6) is -0.214. The van der Waals surface area contributed by atoms with Crippen LogP contribution in [-0.4, -0.2) is 24.0 Å². The molecule has 1 rings (SSSR count). The molecule has 106 valence electrons. The minimum Gasteiger partial charge on any atom is -0.461 e. The van der Waals surface area contributed by atoms with Crippen LogP contribution in [0.25, 0.3) is 0 Å². The first-order chi connectivity index (χ1) is 9.06. The number of rotatable bonds is 7. The molecule has 0 atom stereocenters. The van der Waals surface area contributed by atoms with Gasteiger partial charge in [-0.2, -0.15) is 0 Å². The van der Waals surface area contributed by atoms with Gasteiger partial charge in [0.25, 0.3) is 0 Å². The van der Waals surface area contributed by atoms with Crippen molar-refractivity contribution in [3.05, 3.63) is 35.4 Å². The monoisotopic (exact) mass is 263 g/mol. The summed E-state index contributed by atoms with van der Waals surface area (Å²) in [4.78, 5) is 13.7. The van der Waals surface area contributed by atoms with Gasteiger partial charge in [-0.05, 0) is 24.2 Å². The number of hydrogen-bond donors (Lipinski definition) is 0. The molecule has 0 fully saturated rings. The molecule has 0 spiro atoms. The highest BCUT2D eigenvalue weighted by atomic mass is 16.5. The number of carbonyl (C=O) groups excluding carboxylic acids is 1. The first-order valence-electron chi connectivity index (χ1n) is 7.03. The van der Waals surface area contributed by atoms with E-state index < -0.39 is 0 Å². The van der Waals surface area contributed by atoms with Crippen LogP contribution >= 0.6 is 0 Å². The number of esters is 1. The normalized spacial score (nSPS) is 11.1. The van der Waals surface area contributed by atoms with Gasteiger partial charge in [-0.3, -0.25) is 9.69 Å². The molecule has 1 aromatic carbocycles. The Bertz CT molecular complexity index is 380. The molecule has 3 heteroatoms. The average molecular weight is 263 g/mol. The molecule has 0 aliphatic carbocycles. The Morgan fingerprint density at radius 3 is 2.11 bits per heavy atom. The molecule has 0 radical (unpaired) electrons. The van der Waals surface area contributed by atoms with Gasteiger partial charge >= 0.3 is 5.97 Å². The minimum absolute atomic E-state index is 0.0676. The number of carbonyl (C=O) groups is 1. The smallest absolute Gasteiger partial charge is 0.308 e. The molecular weight excluding hydrogens is 238 g/mol. The van der Waals surface area contributed by atoms with Crippen molar-refractivity contribution in [1.82, 2.24) is 4.90 Å². The van der Waals surface area contributed by atoms with Crippen molar-refractivity contribution in [1.29, 1.82) is 0 Å². The van der Waals surface area contributed by atoms with Gasteiger partial charge in [0.2, 0.25) is 0 Å². The van der Waals surface area contributed by atoms with Gasteiger partial charge in [-0.1, -0.05) is 52.0 Å². The first kappa shape index (κ1) is 15.7. The largest absolute Gasteiger partial charge is 0.461 e. The lowest BCUT2D eigenvalue weighted by molar-refractivity contribution is -0.148. The molecule has 19 heavy (non-hydrogen) atoms. The average Bonchev–Trinajstić information content (AvgIpc) is 2.43. The zero-order chi connectivity index (χ0) is 14.3. The molecule has 0 aromatic heterocycles. The van der Waals surface area contributed by atoms with E-state index in [2.05, 4.69) is 30.9 Å². The molecule has 3 nitrogen and oxygen atoms in total. The maximum atomic E-state index is 11.4. The molecular formula is C16H25NO2. The van der Waals surface area contributed by atoms with E-state index >= 15 is 0 Å². The lowest BCUT2D eigenvalue weighted by Gasteiger charge is -2.18. The molecule has 1 aromatic rings. The zero-order valence-corrected chi connectivity index (χ0v) is 12.5. The van der Waals surface area contributed by atoms with E-state index in [9.17, 15) is 4.79 Å². The first-order valence-corrected chi connectivity index (χ1v) is 7.03. The Hall–Kier alpha value is -1.35. The Labute approximate surface area is 116 Å². The van der Waals surface area contributed by atoms with Crippen molar-refractivity contribution < 1.29 is 9.53 Å². The van der Waals surface area contributed by atoms with Crippen molar-refractivity contribution in [2.45, 2.75) is 40.8 Å². The van der Waals surface area contributed by atoms with Gasteiger partial charge in [0.05, 0.1) is 5.92 Å². The van der Waals surface area contributed by atoms with E-state index in [1.54, 1.807) is 0 Å². The summed E-state index contributed by atoms with van der Waals surface area (Å²) in [6, 6.07) is 8.28. The third-order valence-corrected chi connectivity index (χ3v) is 3.18. The SMILES string of the molecule is CCN(CC)Cc1ccc(COC(=O)C(C)C)cc1. The standard InChI is InChI=1S/C16H25NO2/c1-5-17(6-2)11-14-7-9-15(10-8-14)12-19-16(18)13(3)4/h7-10,13H,5-6,11-12H2,1-4H3. The fourth-order valence-corrected chi connectivity index (χ4v) is 1.77. The Balaban J connectivity index is 2.49. The molecule has 0 N–H and O–H groups in total. The van der Waals surface area contributed by atoms with Crippen LogP contribution in [-0.2, 0) is 22.7 Å². The molecule has 0 heterocycles. The third kappa shape index (κ3) is 5.43. The van der Waals surface area contributed by atoms with Crippen molar-refractivity contribution in [3.8, 4) is 0 Å². The van der Waals surface area contributed by atoms with Crippen LogP contribution in [0.2, 0.25) is 0 Å². The van der Waals surface area contributed by atoms with Crippen molar-refractivity contribution >= 4 is 5.97 Å². The molecule has 0 bridgehead atoms.